The molecule has 0 aromatic heterocycles. The van der Waals surface area contributed by atoms with Gasteiger partial charge in [0.1, 0.15) is 5.54 Å². The average molecular weight is 325 g/mol. The van der Waals surface area contributed by atoms with Crippen molar-refractivity contribution in [3.63, 3.8) is 0 Å². The maximum Gasteiger partial charge on any atom is 0.325 e. The van der Waals surface area contributed by atoms with Crippen LogP contribution in [0.3, 0.4) is 0 Å². The van der Waals surface area contributed by atoms with E-state index in [0.29, 0.717) is 25.9 Å². The molecule has 8 nitrogen and oxygen atoms in total. The summed E-state index contributed by atoms with van der Waals surface area (Å²) in [5.74, 6) is -0.389. The minimum Gasteiger partial charge on any atom is -0.355 e. The molecular weight excluding hydrogens is 298 g/mol. The van der Waals surface area contributed by atoms with Gasteiger partial charge in [-0.1, -0.05) is 6.92 Å². The fraction of sp³-hybridized carbons (Fsp3) is 0.800. The van der Waals surface area contributed by atoms with E-state index in [1.54, 1.807) is 0 Å². The number of hydrogen-bond acceptors (Lipinski definition) is 5. The first kappa shape index (κ1) is 17.7. The number of nitrogens with zero attached hydrogens (tertiary/aromatic N) is 2. The summed E-state index contributed by atoms with van der Waals surface area (Å²) in [6.45, 7) is 5.65. The van der Waals surface area contributed by atoms with Gasteiger partial charge in [0.05, 0.1) is 0 Å². The van der Waals surface area contributed by atoms with Crippen molar-refractivity contribution in [2.45, 2.75) is 38.1 Å². The third-order valence-electron chi connectivity index (χ3n) is 4.52. The minimum absolute atomic E-state index is 0.108. The van der Waals surface area contributed by atoms with Crippen molar-refractivity contribution in [3.8, 4) is 0 Å². The summed E-state index contributed by atoms with van der Waals surface area (Å²) in [5.41, 5.74) is 4.55. The Bertz CT molecular complexity index is 460. The number of amides is 4. The van der Waals surface area contributed by atoms with Crippen LogP contribution in [0, 0.1) is 0 Å². The average Bonchev–Trinajstić information content (AvgIpc) is 2.76. The van der Waals surface area contributed by atoms with Crippen LogP contribution in [0.4, 0.5) is 4.79 Å². The normalized spacial score (nSPS) is 20.9. The lowest BCUT2D eigenvalue weighted by Crippen LogP contribution is -2.55. The second-order valence-corrected chi connectivity index (χ2v) is 6.20. The summed E-state index contributed by atoms with van der Waals surface area (Å²) in [4.78, 5) is 39.9. The van der Waals surface area contributed by atoms with Gasteiger partial charge in [0, 0.05) is 39.1 Å². The number of carbonyl (C=O) groups is 3. The van der Waals surface area contributed by atoms with Crippen LogP contribution in [-0.2, 0) is 9.59 Å². The maximum absolute atomic E-state index is 12.7. The Hall–Kier alpha value is -1.67. The fourth-order valence-corrected chi connectivity index (χ4v) is 3.21. The number of nitrogens with two attached hydrogens (primary N) is 1. The van der Waals surface area contributed by atoms with E-state index in [1.165, 1.54) is 4.90 Å². The van der Waals surface area contributed by atoms with Gasteiger partial charge in [0.2, 0.25) is 5.91 Å². The molecule has 0 unspecified atom stereocenters. The summed E-state index contributed by atoms with van der Waals surface area (Å²) in [7, 11) is 0. The minimum atomic E-state index is -0.769. The summed E-state index contributed by atoms with van der Waals surface area (Å²) < 4.78 is 0. The van der Waals surface area contributed by atoms with Gasteiger partial charge in [0.25, 0.3) is 5.91 Å². The van der Waals surface area contributed by atoms with Crippen LogP contribution >= 0.6 is 0 Å². The van der Waals surface area contributed by atoms with E-state index in [9.17, 15) is 14.4 Å². The molecule has 0 aliphatic carbocycles. The molecule has 130 valence electrons. The van der Waals surface area contributed by atoms with E-state index in [0.717, 1.165) is 26.1 Å². The van der Waals surface area contributed by atoms with Crippen LogP contribution in [0.2, 0.25) is 0 Å². The van der Waals surface area contributed by atoms with Gasteiger partial charge < -0.3 is 21.3 Å². The molecule has 1 spiro atoms. The molecule has 0 atom stereocenters. The molecule has 4 N–H and O–H groups in total. The Morgan fingerprint density at radius 1 is 1.30 bits per heavy atom. The molecule has 0 radical (unpaired) electrons. The van der Waals surface area contributed by atoms with Crippen LogP contribution in [-0.4, -0.2) is 72.5 Å². The van der Waals surface area contributed by atoms with Gasteiger partial charge in [0.15, 0.2) is 0 Å². The highest BCUT2D eigenvalue weighted by molar-refractivity contribution is 6.07. The lowest BCUT2D eigenvalue weighted by Gasteiger charge is -2.37. The van der Waals surface area contributed by atoms with Crippen molar-refractivity contribution in [2.24, 2.45) is 5.73 Å². The predicted molar refractivity (Wildman–Crippen MR) is 85.6 cm³/mol. The molecule has 2 aliphatic heterocycles. The second kappa shape index (κ2) is 7.74. The zero-order chi connectivity index (χ0) is 16.9. The molecule has 0 saturated carbocycles. The Kier molecular flexibility index (Phi) is 5.95. The van der Waals surface area contributed by atoms with E-state index in [4.69, 9.17) is 5.73 Å². The molecule has 2 saturated heterocycles. The second-order valence-electron chi connectivity index (χ2n) is 6.20. The molecular formula is C15H27N5O3. The predicted octanol–water partition coefficient (Wildman–Crippen LogP) is -0.752. The first-order valence-electron chi connectivity index (χ1n) is 8.35. The molecule has 2 fully saturated rings. The summed E-state index contributed by atoms with van der Waals surface area (Å²) in [5, 5.41) is 5.49. The van der Waals surface area contributed by atoms with Crippen LogP contribution < -0.4 is 16.4 Å². The van der Waals surface area contributed by atoms with Crippen molar-refractivity contribution >= 4 is 17.8 Å². The van der Waals surface area contributed by atoms with Crippen molar-refractivity contribution < 1.29 is 14.4 Å². The standard InChI is InChI=1S/C15H27N5O3/c1-2-8-19-10-4-15(5-11-19)13(22)20(14(23)18-15)9-3-12(21)17-7-6-16/h2-11,16H2,1H3,(H,17,21)(H,18,23). The van der Waals surface area contributed by atoms with E-state index in [2.05, 4.69) is 22.5 Å². The van der Waals surface area contributed by atoms with Crippen LogP contribution in [0.15, 0.2) is 0 Å². The third kappa shape index (κ3) is 4.00. The fourth-order valence-electron chi connectivity index (χ4n) is 3.21. The van der Waals surface area contributed by atoms with Crippen LogP contribution in [0.1, 0.15) is 32.6 Å². The Morgan fingerprint density at radius 2 is 2.00 bits per heavy atom. The summed E-state index contributed by atoms with van der Waals surface area (Å²) >= 11 is 0. The number of carbonyl (C=O) groups excluding carboxylic acids is 3. The van der Waals surface area contributed by atoms with Gasteiger partial charge >= 0.3 is 6.03 Å². The van der Waals surface area contributed by atoms with Gasteiger partial charge in [-0.05, 0) is 25.8 Å². The lowest BCUT2D eigenvalue weighted by atomic mass is 9.87. The van der Waals surface area contributed by atoms with Crippen molar-refractivity contribution in [2.75, 3.05) is 39.3 Å². The maximum atomic E-state index is 12.7. The van der Waals surface area contributed by atoms with Crippen molar-refractivity contribution in [3.05, 3.63) is 0 Å². The SMILES string of the molecule is CCCN1CCC2(CC1)NC(=O)N(CCC(=O)NCCN)C2=O. The van der Waals surface area contributed by atoms with Gasteiger partial charge in [-0.25, -0.2) is 4.79 Å². The third-order valence-corrected chi connectivity index (χ3v) is 4.52. The Labute approximate surface area is 136 Å². The van der Waals surface area contributed by atoms with E-state index >= 15 is 0 Å². The number of nitrogens with one attached hydrogen (secondary N) is 2. The van der Waals surface area contributed by atoms with E-state index in [-0.39, 0.29) is 30.8 Å². The van der Waals surface area contributed by atoms with Gasteiger partial charge in [-0.15, -0.1) is 0 Å². The molecule has 23 heavy (non-hydrogen) atoms. The zero-order valence-corrected chi connectivity index (χ0v) is 13.8. The molecule has 0 aromatic rings. The molecule has 4 amide bonds. The largest absolute Gasteiger partial charge is 0.355 e. The smallest absolute Gasteiger partial charge is 0.325 e. The molecule has 2 rings (SSSR count). The monoisotopic (exact) mass is 325 g/mol. The summed E-state index contributed by atoms with van der Waals surface area (Å²) in [6.07, 6.45) is 2.45. The molecule has 0 bridgehead atoms. The number of imide groups is 1. The zero-order valence-electron chi connectivity index (χ0n) is 13.8. The van der Waals surface area contributed by atoms with Crippen LogP contribution in [0.5, 0.6) is 0 Å². The highest BCUT2D eigenvalue weighted by atomic mass is 16.2. The van der Waals surface area contributed by atoms with Crippen LogP contribution in [0.25, 0.3) is 0 Å². The highest BCUT2D eigenvalue weighted by Gasteiger charge is 2.51. The van der Waals surface area contributed by atoms with Crippen molar-refractivity contribution in [1.29, 1.82) is 0 Å². The number of hydrogen-bond donors (Lipinski definition) is 3. The van der Waals surface area contributed by atoms with Gasteiger partial charge in [-0.2, -0.15) is 0 Å². The Morgan fingerprint density at radius 3 is 2.61 bits per heavy atom. The molecule has 2 aliphatic rings. The first-order chi connectivity index (χ1) is 11.0. The lowest BCUT2D eigenvalue weighted by molar-refractivity contribution is -0.133. The number of urea groups is 1. The van der Waals surface area contributed by atoms with E-state index < -0.39 is 5.54 Å². The number of piperidine rings is 1. The topological polar surface area (TPSA) is 108 Å². The van der Waals surface area contributed by atoms with Crippen molar-refractivity contribution in [1.82, 2.24) is 20.4 Å². The first-order valence-corrected chi connectivity index (χ1v) is 8.35. The quantitative estimate of drug-likeness (QED) is 0.534. The molecule has 2 heterocycles. The highest BCUT2D eigenvalue weighted by Crippen LogP contribution is 2.29. The Balaban J connectivity index is 1.89. The number of rotatable bonds is 7. The molecule has 0 aromatic carbocycles. The van der Waals surface area contributed by atoms with E-state index in [1.807, 2.05) is 0 Å². The number of likely N-dealkylation sites (tertiary alicyclic amines) is 1. The molecule has 8 heteroatoms. The summed E-state index contributed by atoms with van der Waals surface area (Å²) in [6, 6.07) is -0.384. The van der Waals surface area contributed by atoms with Gasteiger partial charge in [-0.3, -0.25) is 14.5 Å².